The topological polar surface area (TPSA) is 91.1 Å². The molecule has 0 atom stereocenters. The maximum Gasteiger partial charge on any atom is 0.231 e. The quantitative estimate of drug-likeness (QED) is 0.442. The lowest BCUT2D eigenvalue weighted by Crippen LogP contribution is -1.89. The van der Waals surface area contributed by atoms with Gasteiger partial charge in [0.15, 0.2) is 0 Å². The van der Waals surface area contributed by atoms with Gasteiger partial charge in [-0.15, -0.1) is 0 Å². The van der Waals surface area contributed by atoms with Crippen molar-refractivity contribution in [1.82, 2.24) is 0 Å². The molecule has 1 saturated heterocycles. The van der Waals surface area contributed by atoms with Gasteiger partial charge in [-0.25, -0.2) is 20.4 Å². The Labute approximate surface area is 77.1 Å². The van der Waals surface area contributed by atoms with Gasteiger partial charge in [-0.2, -0.15) is 0 Å². The van der Waals surface area contributed by atoms with Crippen LogP contribution in [-0.4, -0.2) is 25.4 Å². The summed E-state index contributed by atoms with van der Waals surface area (Å²) in [5.41, 5.74) is 0. The Balaban J connectivity index is 0. The summed E-state index contributed by atoms with van der Waals surface area (Å²) in [6, 6.07) is 0. The normalized spacial score (nSPS) is 14.2. The third-order valence-corrected chi connectivity index (χ3v) is 1.33. The van der Waals surface area contributed by atoms with Crippen molar-refractivity contribution in [3.63, 3.8) is 0 Å². The Bertz CT molecular complexity index is 127. The Morgan fingerprint density at radius 2 is 1.15 bits per heavy atom. The fraction of sp³-hybridized carbons (Fsp3) is 0.750. The minimum absolute atomic E-state index is 0.750. The summed E-state index contributed by atoms with van der Waals surface area (Å²) >= 11 is 0. The van der Waals surface area contributed by atoms with E-state index in [9.17, 15) is 0 Å². The number of hydrogen-bond donors (Lipinski definition) is 2. The zero-order chi connectivity index (χ0) is 10.4. The minimum Gasteiger partial charge on any atom is -0.381 e. The van der Waals surface area contributed by atoms with Gasteiger partial charge in [0.25, 0.3) is 0 Å². The smallest absolute Gasteiger partial charge is 0.231 e. The van der Waals surface area contributed by atoms with Crippen molar-refractivity contribution in [2.75, 3.05) is 13.2 Å². The number of hydrogen-bond acceptors (Lipinski definition) is 5. The molecule has 13 heavy (non-hydrogen) atoms. The first kappa shape index (κ1) is 14.3. The van der Waals surface area contributed by atoms with E-state index in [4.69, 9.17) is 25.1 Å². The largest absolute Gasteiger partial charge is 0.381 e. The molecular formula is C8H14N2O3. The molecule has 0 saturated carbocycles. The van der Waals surface area contributed by atoms with Gasteiger partial charge >= 0.3 is 0 Å². The maximum absolute atomic E-state index is 8.35. The van der Waals surface area contributed by atoms with Crippen LogP contribution in [0.4, 0.5) is 0 Å². The van der Waals surface area contributed by atoms with Gasteiger partial charge in [-0.3, -0.25) is 0 Å². The lowest BCUT2D eigenvalue weighted by Gasteiger charge is -1.91. The second-order valence-corrected chi connectivity index (χ2v) is 2.23. The molecule has 5 nitrogen and oxygen atoms in total. The summed E-state index contributed by atoms with van der Waals surface area (Å²) in [5.74, 6) is 0. The second kappa shape index (κ2) is 17.0. The molecule has 0 spiro atoms. The summed E-state index contributed by atoms with van der Waals surface area (Å²) in [6.07, 6.45) is 6.81. The molecule has 0 aliphatic carbocycles. The number of carbonyl (C=O) groups excluding carboxylic acids is 2. The average molecular weight is 186 g/mol. The third kappa shape index (κ3) is 24.9. The molecule has 74 valence electrons. The van der Waals surface area contributed by atoms with Crippen molar-refractivity contribution in [1.29, 1.82) is 10.8 Å². The van der Waals surface area contributed by atoms with Gasteiger partial charge in [0.2, 0.25) is 12.2 Å². The van der Waals surface area contributed by atoms with Crippen molar-refractivity contribution in [2.24, 2.45) is 0 Å². The Kier molecular flexibility index (Phi) is 18.6. The highest BCUT2D eigenvalue weighted by molar-refractivity contribution is 5.26. The molecule has 0 aromatic carbocycles. The molecule has 2 N–H and O–H groups in total. The number of isocyanates is 2. The van der Waals surface area contributed by atoms with Gasteiger partial charge in [0.1, 0.15) is 0 Å². The van der Waals surface area contributed by atoms with Crippen molar-refractivity contribution in [3.8, 4) is 0 Å². The van der Waals surface area contributed by atoms with E-state index >= 15 is 0 Å². The molecule has 0 radical (unpaired) electrons. The number of rotatable bonds is 0. The summed E-state index contributed by atoms with van der Waals surface area (Å²) in [4.78, 5) is 16.7. The predicted octanol–water partition coefficient (Wildman–Crippen LogP) is 1.38. The molecule has 1 fully saturated rings. The molecule has 0 aromatic heterocycles. The molecule has 1 rings (SSSR count). The SMILES string of the molecule is C1CCCOCC1.N=C=O.N=C=O. The van der Waals surface area contributed by atoms with Crippen LogP contribution in [0.5, 0.6) is 0 Å². The van der Waals surface area contributed by atoms with Crippen molar-refractivity contribution in [3.05, 3.63) is 0 Å². The fourth-order valence-corrected chi connectivity index (χ4v) is 0.864. The van der Waals surface area contributed by atoms with E-state index in [-0.39, 0.29) is 0 Å². The Morgan fingerprint density at radius 3 is 1.46 bits per heavy atom. The molecule has 1 aliphatic heterocycles. The van der Waals surface area contributed by atoms with Gasteiger partial charge < -0.3 is 4.74 Å². The summed E-state index contributed by atoms with van der Waals surface area (Å²) < 4.78 is 5.19. The lowest BCUT2D eigenvalue weighted by molar-refractivity contribution is 0.144. The first-order valence-electron chi connectivity index (χ1n) is 3.99. The van der Waals surface area contributed by atoms with Crippen molar-refractivity contribution < 1.29 is 14.3 Å². The molecule has 1 heterocycles. The van der Waals surface area contributed by atoms with E-state index in [1.165, 1.54) is 25.7 Å². The lowest BCUT2D eigenvalue weighted by atomic mass is 10.2. The highest BCUT2D eigenvalue weighted by atomic mass is 16.5. The van der Waals surface area contributed by atoms with Gasteiger partial charge in [-0.05, 0) is 12.8 Å². The van der Waals surface area contributed by atoms with Crippen LogP contribution in [0.25, 0.3) is 0 Å². The van der Waals surface area contributed by atoms with Gasteiger partial charge in [0.05, 0.1) is 0 Å². The van der Waals surface area contributed by atoms with E-state index in [1.54, 1.807) is 0 Å². The van der Waals surface area contributed by atoms with Crippen LogP contribution >= 0.6 is 0 Å². The van der Waals surface area contributed by atoms with E-state index in [2.05, 4.69) is 0 Å². The third-order valence-electron chi connectivity index (χ3n) is 1.33. The van der Waals surface area contributed by atoms with Crippen molar-refractivity contribution in [2.45, 2.75) is 25.7 Å². The average Bonchev–Trinajstić information content (AvgIpc) is 2.37. The fourth-order valence-electron chi connectivity index (χ4n) is 0.864. The van der Waals surface area contributed by atoms with Crippen LogP contribution in [0.2, 0.25) is 0 Å². The molecule has 0 unspecified atom stereocenters. The minimum atomic E-state index is 0.750. The Morgan fingerprint density at radius 1 is 0.846 bits per heavy atom. The van der Waals surface area contributed by atoms with E-state index in [1.807, 2.05) is 0 Å². The van der Waals surface area contributed by atoms with E-state index in [0.29, 0.717) is 0 Å². The summed E-state index contributed by atoms with van der Waals surface area (Å²) in [7, 11) is 0. The van der Waals surface area contributed by atoms with Crippen LogP contribution < -0.4 is 0 Å². The first-order valence-corrected chi connectivity index (χ1v) is 3.99. The number of ether oxygens (including phenoxy) is 1. The molecule has 0 amide bonds. The monoisotopic (exact) mass is 186 g/mol. The summed E-state index contributed by atoms with van der Waals surface area (Å²) in [6.45, 7) is 2.00. The van der Waals surface area contributed by atoms with Crippen LogP contribution in [0.1, 0.15) is 25.7 Å². The van der Waals surface area contributed by atoms with Crippen LogP contribution in [0.15, 0.2) is 0 Å². The number of nitrogens with one attached hydrogen (secondary N) is 2. The zero-order valence-corrected chi connectivity index (χ0v) is 7.47. The Hall–Kier alpha value is -1.28. The van der Waals surface area contributed by atoms with Crippen LogP contribution in [-0.2, 0) is 14.3 Å². The van der Waals surface area contributed by atoms with E-state index in [0.717, 1.165) is 25.4 Å². The van der Waals surface area contributed by atoms with Gasteiger partial charge in [-0.1, -0.05) is 12.8 Å². The maximum atomic E-state index is 8.35. The molecular weight excluding hydrogens is 172 g/mol. The summed E-state index contributed by atoms with van der Waals surface area (Å²) in [5, 5.41) is 10.8. The van der Waals surface area contributed by atoms with Gasteiger partial charge in [0, 0.05) is 13.2 Å². The first-order chi connectivity index (χ1) is 6.33. The van der Waals surface area contributed by atoms with Crippen LogP contribution in [0.3, 0.4) is 0 Å². The molecule has 0 aromatic rings. The second-order valence-electron chi connectivity index (χ2n) is 2.23. The molecule has 0 bridgehead atoms. The van der Waals surface area contributed by atoms with E-state index < -0.39 is 0 Å². The highest BCUT2D eigenvalue weighted by Crippen LogP contribution is 2.04. The highest BCUT2D eigenvalue weighted by Gasteiger charge is 1.95. The predicted molar refractivity (Wildman–Crippen MR) is 46.1 cm³/mol. The van der Waals surface area contributed by atoms with Crippen LogP contribution in [0, 0.1) is 10.8 Å². The molecule has 5 heteroatoms. The van der Waals surface area contributed by atoms with Crippen molar-refractivity contribution >= 4 is 12.2 Å². The molecule has 1 aliphatic rings. The zero-order valence-electron chi connectivity index (χ0n) is 7.47. The standard InChI is InChI=1S/C6H12O.2CHNO/c1-2-4-6-7-5-3-1;2*2-1-3/h1-6H2;2*2H.